The molecule has 0 aliphatic rings. The second kappa shape index (κ2) is 8.31. The van der Waals surface area contributed by atoms with Gasteiger partial charge in [0.1, 0.15) is 12.0 Å². The molecule has 0 aliphatic heterocycles. The van der Waals surface area contributed by atoms with Gasteiger partial charge in [-0.1, -0.05) is 30.3 Å². The smallest absolute Gasteiger partial charge is 0.298 e. The van der Waals surface area contributed by atoms with E-state index < -0.39 is 16.6 Å². The summed E-state index contributed by atoms with van der Waals surface area (Å²) in [6.07, 6.45) is 3.88. The molecule has 9 heteroatoms. The van der Waals surface area contributed by atoms with Crippen molar-refractivity contribution in [3.05, 3.63) is 93.4 Å². The quantitative estimate of drug-likeness (QED) is 0.288. The molecule has 0 unspecified atom stereocenters. The van der Waals surface area contributed by atoms with Crippen LogP contribution < -0.4 is 5.32 Å². The van der Waals surface area contributed by atoms with Crippen LogP contribution in [0.5, 0.6) is 0 Å². The summed E-state index contributed by atoms with van der Waals surface area (Å²) in [5, 5.41) is 13.0. The van der Waals surface area contributed by atoms with E-state index in [2.05, 4.69) is 10.3 Å². The van der Waals surface area contributed by atoms with Crippen LogP contribution in [-0.4, -0.2) is 21.6 Å². The fourth-order valence-electron chi connectivity index (χ4n) is 2.24. The molecule has 1 aromatic heterocycles. The van der Waals surface area contributed by atoms with Gasteiger partial charge in [-0.2, -0.15) is 0 Å². The first-order valence-electron chi connectivity index (χ1n) is 7.92. The van der Waals surface area contributed by atoms with Crippen molar-refractivity contribution < 1.29 is 18.9 Å². The normalized spacial score (nSPS) is 10.8. The van der Waals surface area contributed by atoms with Gasteiger partial charge in [0.2, 0.25) is 0 Å². The number of allylic oxidation sites excluding steroid dienone is 1. The van der Waals surface area contributed by atoms with Gasteiger partial charge in [-0.15, -0.1) is 0 Å². The summed E-state index contributed by atoms with van der Waals surface area (Å²) in [5.41, 5.74) is 1.18. The predicted molar refractivity (Wildman–Crippen MR) is 103 cm³/mol. The number of hydrogen-bond acceptors (Lipinski definition) is 6. The molecular formula is C19H12FN3O4S. The standard InChI is InChI=1S/C19H12FN3O4S/c20-15-3-1-2-12(10-15)4-9-16(24)13-5-7-14(8-6-13)18(25)22-19-21-11-17(28-19)23(26)27/h1-11H,(H,21,22,25)/b9-4+. The van der Waals surface area contributed by atoms with Crippen LogP contribution in [0.1, 0.15) is 26.3 Å². The number of nitrogens with one attached hydrogen (secondary N) is 1. The number of benzene rings is 2. The Balaban J connectivity index is 1.65. The maximum atomic E-state index is 13.1. The second-order valence-electron chi connectivity index (χ2n) is 5.54. The first-order chi connectivity index (χ1) is 13.4. The highest BCUT2D eigenvalue weighted by atomic mass is 32.1. The Kier molecular flexibility index (Phi) is 5.66. The van der Waals surface area contributed by atoms with E-state index in [1.807, 2.05) is 0 Å². The van der Waals surface area contributed by atoms with Crippen LogP contribution in [0, 0.1) is 15.9 Å². The molecule has 140 valence electrons. The number of ketones is 1. The number of hydrogen-bond donors (Lipinski definition) is 1. The van der Waals surface area contributed by atoms with Crippen molar-refractivity contribution in [3.8, 4) is 0 Å². The molecule has 3 aromatic rings. The van der Waals surface area contributed by atoms with E-state index in [9.17, 15) is 24.1 Å². The third-order valence-electron chi connectivity index (χ3n) is 3.60. The Morgan fingerprint density at radius 3 is 2.50 bits per heavy atom. The van der Waals surface area contributed by atoms with E-state index in [1.165, 1.54) is 48.6 Å². The number of nitro groups is 1. The minimum atomic E-state index is -0.592. The summed E-state index contributed by atoms with van der Waals surface area (Å²) >= 11 is 0.745. The molecule has 0 saturated heterocycles. The molecule has 2 aromatic carbocycles. The summed E-state index contributed by atoms with van der Waals surface area (Å²) in [6, 6.07) is 11.7. The molecule has 0 spiro atoms. The topological polar surface area (TPSA) is 102 Å². The van der Waals surface area contributed by atoms with Crippen LogP contribution in [-0.2, 0) is 0 Å². The fraction of sp³-hybridized carbons (Fsp3) is 0. The largest absolute Gasteiger partial charge is 0.345 e. The first kappa shape index (κ1) is 19.1. The van der Waals surface area contributed by atoms with E-state index in [-0.39, 0.29) is 21.5 Å². The van der Waals surface area contributed by atoms with E-state index in [0.717, 1.165) is 17.5 Å². The Morgan fingerprint density at radius 2 is 1.86 bits per heavy atom. The maximum Gasteiger partial charge on any atom is 0.345 e. The molecule has 28 heavy (non-hydrogen) atoms. The maximum absolute atomic E-state index is 13.1. The third-order valence-corrected chi connectivity index (χ3v) is 4.47. The van der Waals surface area contributed by atoms with Crippen LogP contribution in [0.15, 0.2) is 60.8 Å². The summed E-state index contributed by atoms with van der Waals surface area (Å²) in [7, 11) is 0. The number of amides is 1. The van der Waals surface area contributed by atoms with Gasteiger partial charge in [-0.05, 0) is 47.2 Å². The average molecular weight is 397 g/mol. The van der Waals surface area contributed by atoms with Gasteiger partial charge in [0, 0.05) is 11.1 Å². The van der Waals surface area contributed by atoms with Crippen molar-refractivity contribution in [2.24, 2.45) is 0 Å². The number of anilines is 1. The second-order valence-corrected chi connectivity index (χ2v) is 6.55. The number of thiazole rings is 1. The Morgan fingerprint density at radius 1 is 1.14 bits per heavy atom. The zero-order chi connectivity index (χ0) is 20.1. The monoisotopic (exact) mass is 397 g/mol. The van der Waals surface area contributed by atoms with E-state index in [0.29, 0.717) is 11.1 Å². The molecule has 0 saturated carbocycles. The van der Waals surface area contributed by atoms with Gasteiger partial charge >= 0.3 is 5.00 Å². The van der Waals surface area contributed by atoms with Crippen LogP contribution in [0.25, 0.3) is 6.08 Å². The van der Waals surface area contributed by atoms with E-state index in [1.54, 1.807) is 12.1 Å². The minimum Gasteiger partial charge on any atom is -0.298 e. The molecule has 7 nitrogen and oxygen atoms in total. The van der Waals surface area contributed by atoms with Crippen LogP contribution in [0.4, 0.5) is 14.5 Å². The lowest BCUT2D eigenvalue weighted by atomic mass is 10.1. The van der Waals surface area contributed by atoms with Crippen molar-refractivity contribution in [1.82, 2.24) is 4.98 Å². The van der Waals surface area contributed by atoms with Gasteiger partial charge < -0.3 is 0 Å². The lowest BCUT2D eigenvalue weighted by molar-refractivity contribution is -0.380. The minimum absolute atomic E-state index is 0.106. The van der Waals surface area contributed by atoms with Gasteiger partial charge in [-0.3, -0.25) is 25.0 Å². The molecule has 0 radical (unpaired) electrons. The third kappa shape index (κ3) is 4.71. The highest BCUT2D eigenvalue weighted by Crippen LogP contribution is 2.25. The first-order valence-corrected chi connectivity index (χ1v) is 8.73. The highest BCUT2D eigenvalue weighted by Gasteiger charge is 2.14. The molecule has 1 N–H and O–H groups in total. The van der Waals surface area contributed by atoms with Gasteiger partial charge in [0.15, 0.2) is 10.9 Å². The van der Waals surface area contributed by atoms with Crippen molar-refractivity contribution in [1.29, 1.82) is 0 Å². The SMILES string of the molecule is O=C(/C=C/c1cccc(F)c1)c1ccc(C(=O)Nc2ncc([N+](=O)[O-])s2)cc1. The number of halogens is 1. The molecular weight excluding hydrogens is 385 g/mol. The van der Waals surface area contributed by atoms with E-state index >= 15 is 0 Å². The Hall–Kier alpha value is -3.72. The van der Waals surface area contributed by atoms with Crippen LogP contribution in [0.2, 0.25) is 0 Å². The van der Waals surface area contributed by atoms with Crippen molar-refractivity contribution in [2.75, 3.05) is 5.32 Å². The van der Waals surface area contributed by atoms with Gasteiger partial charge in [0.05, 0.1) is 4.92 Å². The number of rotatable bonds is 6. The number of carbonyl (C=O) groups is 2. The summed E-state index contributed by atoms with van der Waals surface area (Å²) < 4.78 is 13.1. The van der Waals surface area contributed by atoms with E-state index in [4.69, 9.17) is 0 Å². The van der Waals surface area contributed by atoms with Crippen LogP contribution in [0.3, 0.4) is 0 Å². The average Bonchev–Trinajstić information content (AvgIpc) is 3.15. The lowest BCUT2D eigenvalue weighted by Gasteiger charge is -2.02. The van der Waals surface area contributed by atoms with Crippen molar-refractivity contribution in [3.63, 3.8) is 0 Å². The lowest BCUT2D eigenvalue weighted by Crippen LogP contribution is -2.11. The number of nitrogens with zero attached hydrogens (tertiary/aromatic N) is 2. The number of aromatic nitrogens is 1. The summed E-state index contributed by atoms with van der Waals surface area (Å²) in [6.45, 7) is 0. The number of carbonyl (C=O) groups excluding carboxylic acids is 2. The molecule has 0 atom stereocenters. The van der Waals surface area contributed by atoms with Gasteiger partial charge in [0.25, 0.3) is 5.91 Å². The summed E-state index contributed by atoms with van der Waals surface area (Å²) in [4.78, 5) is 38.2. The molecule has 0 bridgehead atoms. The zero-order valence-electron chi connectivity index (χ0n) is 14.2. The molecule has 0 aliphatic carbocycles. The Bertz CT molecular complexity index is 1080. The van der Waals surface area contributed by atoms with Crippen molar-refractivity contribution in [2.45, 2.75) is 0 Å². The van der Waals surface area contributed by atoms with Crippen molar-refractivity contribution >= 4 is 39.2 Å². The molecule has 3 rings (SSSR count). The highest BCUT2D eigenvalue weighted by molar-refractivity contribution is 7.18. The fourth-order valence-corrected chi connectivity index (χ4v) is 2.87. The van der Waals surface area contributed by atoms with Gasteiger partial charge in [-0.25, -0.2) is 9.37 Å². The van der Waals surface area contributed by atoms with Crippen LogP contribution >= 0.6 is 11.3 Å². The molecule has 1 amide bonds. The Labute approximate surface area is 162 Å². The molecule has 1 heterocycles. The predicted octanol–water partition coefficient (Wildman–Crippen LogP) is 4.34. The zero-order valence-corrected chi connectivity index (χ0v) is 15.0. The summed E-state index contributed by atoms with van der Waals surface area (Å²) in [5.74, 6) is -1.19. The molecule has 0 fully saturated rings.